The molecule has 0 radical (unpaired) electrons. The molecule has 1 heterocycles. The second-order valence-electron chi connectivity index (χ2n) is 4.68. The van der Waals surface area contributed by atoms with Gasteiger partial charge in [-0.2, -0.15) is 17.0 Å². The molecule has 2 aliphatic rings. The summed E-state index contributed by atoms with van der Waals surface area (Å²) in [5, 5.41) is 9.69. The summed E-state index contributed by atoms with van der Waals surface area (Å²) in [5.41, 5.74) is 0. The summed E-state index contributed by atoms with van der Waals surface area (Å²) in [4.78, 5) is 0. The Kier molecular flexibility index (Phi) is 2.79. The van der Waals surface area contributed by atoms with Crippen LogP contribution in [0.25, 0.3) is 0 Å². The van der Waals surface area contributed by atoms with Crippen LogP contribution in [-0.4, -0.2) is 55.4 Å². The summed E-state index contributed by atoms with van der Waals surface area (Å²) in [5.74, 6) is 0.509. The number of rotatable bonds is 2. The summed E-state index contributed by atoms with van der Waals surface area (Å²) in [6, 6.07) is 0. The van der Waals surface area contributed by atoms with Crippen LogP contribution < -0.4 is 0 Å². The number of aliphatic hydroxyl groups excluding tert-OH is 1. The van der Waals surface area contributed by atoms with Crippen LogP contribution in [0.3, 0.4) is 0 Å². The highest BCUT2D eigenvalue weighted by Gasteiger charge is 2.45. The van der Waals surface area contributed by atoms with Gasteiger partial charge in [0.05, 0.1) is 6.10 Å². The Balaban J connectivity index is 2.11. The SMILES string of the molecule is CN(C)S(=O)(=O)N1CC2CCC(O)C2C1. The molecular weight excluding hydrogens is 216 g/mol. The van der Waals surface area contributed by atoms with Crippen LogP contribution in [0.15, 0.2) is 0 Å². The fourth-order valence-electron chi connectivity index (χ4n) is 2.62. The molecule has 15 heavy (non-hydrogen) atoms. The average molecular weight is 234 g/mol. The molecule has 6 heteroatoms. The van der Waals surface area contributed by atoms with Gasteiger partial charge in [0.1, 0.15) is 0 Å². The van der Waals surface area contributed by atoms with E-state index in [4.69, 9.17) is 0 Å². The van der Waals surface area contributed by atoms with Gasteiger partial charge in [0.25, 0.3) is 10.2 Å². The van der Waals surface area contributed by atoms with Gasteiger partial charge in [-0.15, -0.1) is 0 Å². The minimum absolute atomic E-state index is 0.153. The van der Waals surface area contributed by atoms with E-state index >= 15 is 0 Å². The van der Waals surface area contributed by atoms with Crippen molar-refractivity contribution in [1.29, 1.82) is 0 Å². The molecule has 0 bridgehead atoms. The molecule has 0 amide bonds. The van der Waals surface area contributed by atoms with Gasteiger partial charge in [0, 0.05) is 33.1 Å². The fraction of sp³-hybridized carbons (Fsp3) is 1.00. The zero-order valence-corrected chi connectivity index (χ0v) is 9.94. The van der Waals surface area contributed by atoms with Crippen molar-refractivity contribution in [3.63, 3.8) is 0 Å². The van der Waals surface area contributed by atoms with E-state index in [1.165, 1.54) is 8.61 Å². The first-order chi connectivity index (χ1) is 6.93. The van der Waals surface area contributed by atoms with Crippen LogP contribution in [0.2, 0.25) is 0 Å². The Labute approximate surface area is 90.9 Å². The molecule has 1 N–H and O–H groups in total. The molecule has 0 aromatic rings. The van der Waals surface area contributed by atoms with Crippen molar-refractivity contribution in [1.82, 2.24) is 8.61 Å². The Morgan fingerprint density at radius 3 is 2.47 bits per heavy atom. The third-order valence-electron chi connectivity index (χ3n) is 3.57. The van der Waals surface area contributed by atoms with Crippen molar-refractivity contribution in [3.8, 4) is 0 Å². The lowest BCUT2D eigenvalue weighted by Gasteiger charge is -2.21. The smallest absolute Gasteiger partial charge is 0.281 e. The van der Waals surface area contributed by atoms with E-state index in [1.807, 2.05) is 0 Å². The van der Waals surface area contributed by atoms with Crippen LogP contribution in [0, 0.1) is 11.8 Å². The highest BCUT2D eigenvalue weighted by Crippen LogP contribution is 2.39. The largest absolute Gasteiger partial charge is 0.393 e. The van der Waals surface area contributed by atoms with E-state index in [2.05, 4.69) is 0 Å². The predicted molar refractivity (Wildman–Crippen MR) is 56.4 cm³/mol. The third kappa shape index (κ3) is 1.80. The first kappa shape index (κ1) is 11.3. The Hall–Kier alpha value is -0.170. The van der Waals surface area contributed by atoms with E-state index in [0.717, 1.165) is 12.8 Å². The molecule has 88 valence electrons. The number of hydrogen-bond donors (Lipinski definition) is 1. The number of fused-ring (bicyclic) bond motifs is 1. The summed E-state index contributed by atoms with van der Waals surface area (Å²) >= 11 is 0. The second-order valence-corrected chi connectivity index (χ2v) is 6.82. The zero-order chi connectivity index (χ0) is 11.2. The highest BCUT2D eigenvalue weighted by molar-refractivity contribution is 7.86. The fourth-order valence-corrected chi connectivity index (χ4v) is 3.82. The topological polar surface area (TPSA) is 60.9 Å². The van der Waals surface area contributed by atoms with Gasteiger partial charge < -0.3 is 5.11 Å². The zero-order valence-electron chi connectivity index (χ0n) is 9.13. The molecule has 1 saturated carbocycles. The molecule has 0 spiro atoms. The Bertz CT molecular complexity index is 341. The highest BCUT2D eigenvalue weighted by atomic mass is 32.2. The van der Waals surface area contributed by atoms with Gasteiger partial charge in [0.2, 0.25) is 0 Å². The van der Waals surface area contributed by atoms with Crippen LogP contribution in [0.1, 0.15) is 12.8 Å². The van der Waals surface area contributed by atoms with Crippen molar-refractivity contribution >= 4 is 10.2 Å². The van der Waals surface area contributed by atoms with Crippen molar-refractivity contribution in [2.75, 3.05) is 27.2 Å². The Morgan fingerprint density at radius 2 is 1.93 bits per heavy atom. The van der Waals surface area contributed by atoms with Gasteiger partial charge in [-0.1, -0.05) is 0 Å². The lowest BCUT2D eigenvalue weighted by atomic mass is 10.00. The minimum atomic E-state index is -3.29. The van der Waals surface area contributed by atoms with Gasteiger partial charge in [0.15, 0.2) is 0 Å². The van der Waals surface area contributed by atoms with Crippen molar-refractivity contribution < 1.29 is 13.5 Å². The molecule has 1 aliphatic heterocycles. The molecule has 0 aromatic heterocycles. The molecular formula is C9H18N2O3S. The van der Waals surface area contributed by atoms with Crippen molar-refractivity contribution in [2.24, 2.45) is 11.8 Å². The van der Waals surface area contributed by atoms with Crippen LogP contribution in [0.4, 0.5) is 0 Å². The van der Waals surface area contributed by atoms with E-state index < -0.39 is 10.2 Å². The van der Waals surface area contributed by atoms with Crippen LogP contribution in [0.5, 0.6) is 0 Å². The number of nitrogens with zero attached hydrogens (tertiary/aromatic N) is 2. The summed E-state index contributed by atoms with van der Waals surface area (Å²) in [6.07, 6.45) is 1.47. The molecule has 2 fully saturated rings. The normalized spacial score (nSPS) is 37.5. The van der Waals surface area contributed by atoms with E-state index in [-0.39, 0.29) is 12.0 Å². The quantitative estimate of drug-likeness (QED) is 0.700. The maximum Gasteiger partial charge on any atom is 0.281 e. The van der Waals surface area contributed by atoms with Gasteiger partial charge >= 0.3 is 0 Å². The van der Waals surface area contributed by atoms with Gasteiger partial charge in [-0.3, -0.25) is 0 Å². The molecule has 1 saturated heterocycles. The Morgan fingerprint density at radius 1 is 1.27 bits per heavy atom. The van der Waals surface area contributed by atoms with Crippen LogP contribution >= 0.6 is 0 Å². The molecule has 1 aliphatic carbocycles. The summed E-state index contributed by atoms with van der Waals surface area (Å²) in [7, 11) is -0.203. The summed E-state index contributed by atoms with van der Waals surface area (Å²) < 4.78 is 26.4. The molecule has 3 unspecified atom stereocenters. The van der Waals surface area contributed by atoms with Crippen LogP contribution in [-0.2, 0) is 10.2 Å². The van der Waals surface area contributed by atoms with Crippen molar-refractivity contribution in [2.45, 2.75) is 18.9 Å². The summed E-state index contributed by atoms with van der Waals surface area (Å²) in [6.45, 7) is 1.05. The average Bonchev–Trinajstić information content (AvgIpc) is 2.68. The lowest BCUT2D eigenvalue weighted by molar-refractivity contribution is 0.129. The second kappa shape index (κ2) is 3.69. The first-order valence-corrected chi connectivity index (χ1v) is 6.68. The predicted octanol–water partition coefficient (Wildman–Crippen LogP) is -0.504. The van der Waals surface area contributed by atoms with E-state index in [1.54, 1.807) is 14.1 Å². The molecule has 2 rings (SSSR count). The monoisotopic (exact) mass is 234 g/mol. The third-order valence-corrected chi connectivity index (χ3v) is 5.45. The van der Waals surface area contributed by atoms with Gasteiger partial charge in [-0.05, 0) is 18.8 Å². The van der Waals surface area contributed by atoms with E-state index in [0.29, 0.717) is 19.0 Å². The molecule has 5 nitrogen and oxygen atoms in total. The number of hydrogen-bond acceptors (Lipinski definition) is 3. The minimum Gasteiger partial charge on any atom is -0.393 e. The molecule has 0 aromatic carbocycles. The number of aliphatic hydroxyl groups is 1. The maximum absolute atomic E-state index is 11.8. The van der Waals surface area contributed by atoms with E-state index in [9.17, 15) is 13.5 Å². The maximum atomic E-state index is 11.8. The lowest BCUT2D eigenvalue weighted by Crippen LogP contribution is -2.39. The standard InChI is InChI=1S/C9H18N2O3S/c1-10(2)15(13,14)11-5-7-3-4-9(12)8(7)6-11/h7-9,12H,3-6H2,1-2H3. The first-order valence-electron chi connectivity index (χ1n) is 5.28. The van der Waals surface area contributed by atoms with Crippen molar-refractivity contribution in [3.05, 3.63) is 0 Å². The molecule has 3 atom stereocenters. The van der Waals surface area contributed by atoms with Gasteiger partial charge in [-0.25, -0.2) is 0 Å².